The monoisotopic (exact) mass is 574 g/mol. The topological polar surface area (TPSA) is 125 Å². The molecule has 204 valence electrons. The van der Waals surface area contributed by atoms with Crippen molar-refractivity contribution in [2.24, 2.45) is 4.99 Å². The number of pyridine rings is 1. The SMILES string of the molecule is C=S=C(O)c1ccnc(NC(=O)C2=C(C)NC(Nc3nc4ccccc4o3)=NC2c2cccc(C(C)C)c2Cl)c1. The van der Waals surface area contributed by atoms with Crippen molar-refractivity contribution in [3.8, 4) is 0 Å². The average molecular weight is 575 g/mol. The summed E-state index contributed by atoms with van der Waals surface area (Å²) >= 11 is 6.90. The van der Waals surface area contributed by atoms with E-state index in [9.17, 15) is 9.90 Å². The minimum atomic E-state index is -0.752. The summed E-state index contributed by atoms with van der Waals surface area (Å²) < 4.78 is 5.81. The summed E-state index contributed by atoms with van der Waals surface area (Å²) in [5.41, 5.74) is 4.37. The van der Waals surface area contributed by atoms with E-state index >= 15 is 0 Å². The molecule has 5 rings (SSSR count). The minimum absolute atomic E-state index is 0.0160. The molecule has 0 spiro atoms. The molecular weight excluding hydrogens is 548 g/mol. The molecule has 0 fully saturated rings. The molecule has 2 aromatic carbocycles. The van der Waals surface area contributed by atoms with E-state index < -0.39 is 11.9 Å². The Hall–Kier alpha value is -4.25. The van der Waals surface area contributed by atoms with Gasteiger partial charge in [-0.25, -0.2) is 9.98 Å². The predicted octanol–water partition coefficient (Wildman–Crippen LogP) is 6.23. The number of aliphatic imine (C=N–C) groups is 1. The van der Waals surface area contributed by atoms with Crippen LogP contribution < -0.4 is 16.0 Å². The van der Waals surface area contributed by atoms with Gasteiger partial charge >= 0.3 is 6.01 Å². The van der Waals surface area contributed by atoms with E-state index in [2.05, 4.69) is 45.6 Å². The molecule has 3 heterocycles. The highest BCUT2D eigenvalue weighted by molar-refractivity contribution is 7.96. The number of guanidine groups is 1. The first-order valence-corrected chi connectivity index (χ1v) is 13.8. The Labute approximate surface area is 239 Å². The lowest BCUT2D eigenvalue weighted by molar-refractivity contribution is -0.113. The molecule has 0 aliphatic carbocycles. The average Bonchev–Trinajstić information content (AvgIpc) is 3.34. The van der Waals surface area contributed by atoms with Crippen molar-refractivity contribution in [2.75, 3.05) is 10.6 Å². The molecule has 9 nitrogen and oxygen atoms in total. The number of aliphatic hydroxyl groups excluding tert-OH is 1. The zero-order valence-electron chi connectivity index (χ0n) is 22.0. The number of oxazole rings is 1. The fraction of sp³-hybridized carbons (Fsp3) is 0.172. The van der Waals surface area contributed by atoms with E-state index in [1.807, 2.05) is 42.5 Å². The molecule has 11 heteroatoms. The van der Waals surface area contributed by atoms with Gasteiger partial charge in [0.2, 0.25) is 5.96 Å². The second-order valence-electron chi connectivity index (χ2n) is 9.39. The van der Waals surface area contributed by atoms with Crippen LogP contribution in [-0.2, 0) is 4.79 Å². The predicted molar refractivity (Wildman–Crippen MR) is 164 cm³/mol. The first kappa shape index (κ1) is 27.3. The Bertz CT molecular complexity index is 1710. The molecule has 4 aromatic rings. The second-order valence-corrected chi connectivity index (χ2v) is 10.4. The van der Waals surface area contributed by atoms with Crippen LogP contribution in [-0.4, -0.2) is 37.9 Å². The first-order valence-electron chi connectivity index (χ1n) is 12.5. The van der Waals surface area contributed by atoms with E-state index in [1.54, 1.807) is 19.1 Å². The molecule has 0 radical (unpaired) electrons. The lowest BCUT2D eigenvalue weighted by atomic mass is 9.92. The molecule has 2 aromatic heterocycles. The Kier molecular flexibility index (Phi) is 7.83. The zero-order valence-corrected chi connectivity index (χ0v) is 23.6. The van der Waals surface area contributed by atoms with Crippen LogP contribution in [0.1, 0.15) is 49.4 Å². The number of nitrogens with one attached hydrogen (secondary N) is 3. The third-order valence-electron chi connectivity index (χ3n) is 6.37. The number of carbonyl (C=O) groups excluding carboxylic acids is 1. The molecule has 1 aliphatic heterocycles. The summed E-state index contributed by atoms with van der Waals surface area (Å²) in [5.74, 6) is 3.98. The molecule has 4 N–H and O–H groups in total. The van der Waals surface area contributed by atoms with E-state index in [4.69, 9.17) is 21.0 Å². The number of nitrogens with zero attached hydrogens (tertiary/aromatic N) is 3. The van der Waals surface area contributed by atoms with Crippen LogP contribution in [0.4, 0.5) is 11.8 Å². The van der Waals surface area contributed by atoms with Crippen LogP contribution in [0.2, 0.25) is 5.02 Å². The summed E-state index contributed by atoms with van der Waals surface area (Å²) in [6.07, 6.45) is 1.50. The van der Waals surface area contributed by atoms with Crippen LogP contribution in [0, 0.1) is 0 Å². The van der Waals surface area contributed by atoms with Gasteiger partial charge in [0.15, 0.2) is 5.58 Å². The number of fused-ring (bicyclic) bond motifs is 1. The number of benzene rings is 2. The van der Waals surface area contributed by atoms with E-state index in [0.29, 0.717) is 44.5 Å². The minimum Gasteiger partial charge on any atom is -0.423 e. The number of rotatable bonds is 6. The van der Waals surface area contributed by atoms with E-state index in [-0.39, 0.29) is 22.8 Å². The van der Waals surface area contributed by atoms with Crippen molar-refractivity contribution in [3.05, 3.63) is 93.8 Å². The Morgan fingerprint density at radius 2 is 2.00 bits per heavy atom. The number of anilines is 2. The maximum absolute atomic E-state index is 13.7. The maximum atomic E-state index is 13.7. The number of hydrogen-bond acceptors (Lipinski definition) is 7. The third-order valence-corrected chi connectivity index (χ3v) is 7.31. The van der Waals surface area contributed by atoms with Crippen molar-refractivity contribution in [3.63, 3.8) is 0 Å². The van der Waals surface area contributed by atoms with Gasteiger partial charge in [-0.1, -0.05) is 55.8 Å². The van der Waals surface area contributed by atoms with Gasteiger partial charge < -0.3 is 20.2 Å². The Morgan fingerprint density at radius 3 is 2.75 bits per heavy atom. The lowest BCUT2D eigenvalue weighted by Crippen LogP contribution is -2.37. The Balaban J connectivity index is 1.53. The van der Waals surface area contributed by atoms with Gasteiger partial charge in [0.05, 0.1) is 5.57 Å². The fourth-order valence-electron chi connectivity index (χ4n) is 4.41. The molecule has 40 heavy (non-hydrogen) atoms. The number of aliphatic hydroxyl groups is 1. The number of hydrogen-bond donors (Lipinski definition) is 4. The van der Waals surface area contributed by atoms with Gasteiger partial charge in [0, 0.05) is 28.0 Å². The van der Waals surface area contributed by atoms with Crippen molar-refractivity contribution in [1.29, 1.82) is 0 Å². The quantitative estimate of drug-likeness (QED) is 0.201. The summed E-state index contributed by atoms with van der Waals surface area (Å²) in [5, 5.41) is 19.7. The van der Waals surface area contributed by atoms with Crippen molar-refractivity contribution in [2.45, 2.75) is 32.7 Å². The van der Waals surface area contributed by atoms with E-state index in [0.717, 1.165) is 16.5 Å². The summed E-state index contributed by atoms with van der Waals surface area (Å²) in [6.45, 7) is 5.90. The molecule has 1 atom stereocenters. The lowest BCUT2D eigenvalue weighted by Gasteiger charge is -2.27. The largest absolute Gasteiger partial charge is 0.423 e. The second kappa shape index (κ2) is 11.5. The number of para-hydroxylation sites is 2. The van der Waals surface area contributed by atoms with Gasteiger partial charge in [-0.05, 0) is 48.5 Å². The fourth-order valence-corrected chi connectivity index (χ4v) is 5.15. The van der Waals surface area contributed by atoms with Gasteiger partial charge in [-0.2, -0.15) is 4.98 Å². The highest BCUT2D eigenvalue weighted by Gasteiger charge is 2.32. The molecule has 1 unspecified atom stereocenters. The number of allylic oxidation sites excluding steroid dienone is 1. The van der Waals surface area contributed by atoms with Crippen LogP contribution in [0.25, 0.3) is 11.1 Å². The summed E-state index contributed by atoms with van der Waals surface area (Å²) in [6, 6.07) is 15.9. The maximum Gasteiger partial charge on any atom is 0.302 e. The molecule has 0 bridgehead atoms. The standard InChI is InChI=1S/C29H27ClN6O3S/c1-15(2)18-8-7-9-19(24(18)30)25-23(26(37)34-22-14-17(12-13-31-22)27(38)40-4)16(3)32-28(35-25)36-29-33-20-10-5-6-11-21(20)39-29/h5-15,25,38H,4H2,1-3H3,(H,31,34,37)(H2,32,33,35,36). The molecule has 1 amide bonds. The third kappa shape index (κ3) is 5.55. The van der Waals surface area contributed by atoms with Crippen LogP contribution >= 0.6 is 22.5 Å². The van der Waals surface area contributed by atoms with Crippen LogP contribution in [0.15, 0.2) is 81.5 Å². The van der Waals surface area contributed by atoms with Crippen molar-refractivity contribution >= 4 is 68.3 Å². The van der Waals surface area contributed by atoms with Crippen LogP contribution in [0.5, 0.6) is 0 Å². The highest BCUT2D eigenvalue weighted by Crippen LogP contribution is 2.38. The normalized spacial score (nSPS) is 15.1. The van der Waals surface area contributed by atoms with Crippen LogP contribution in [0.3, 0.4) is 0 Å². The van der Waals surface area contributed by atoms with E-state index in [1.165, 1.54) is 6.20 Å². The summed E-state index contributed by atoms with van der Waals surface area (Å²) in [4.78, 5) is 27.3. The number of halogens is 1. The smallest absolute Gasteiger partial charge is 0.302 e. The molecular formula is C29H27ClN6O3S. The summed E-state index contributed by atoms with van der Waals surface area (Å²) in [7, 11) is 0.949. The molecule has 0 saturated heterocycles. The molecule has 1 aliphatic rings. The highest BCUT2D eigenvalue weighted by atomic mass is 35.5. The van der Waals surface area contributed by atoms with Crippen molar-refractivity contribution in [1.82, 2.24) is 15.3 Å². The van der Waals surface area contributed by atoms with Crippen molar-refractivity contribution < 1.29 is 14.3 Å². The number of aromatic nitrogens is 2. The van der Waals surface area contributed by atoms with Gasteiger partial charge in [-0.3, -0.25) is 10.1 Å². The first-order chi connectivity index (χ1) is 19.2. The molecule has 0 saturated carbocycles. The Morgan fingerprint density at radius 1 is 1.20 bits per heavy atom. The van der Waals surface area contributed by atoms with Gasteiger partial charge in [0.1, 0.15) is 22.4 Å². The number of amides is 1. The van der Waals surface area contributed by atoms with Gasteiger partial charge in [0.25, 0.3) is 5.91 Å². The van der Waals surface area contributed by atoms with Gasteiger partial charge in [-0.15, -0.1) is 10.9 Å². The number of carbonyl (C=O) groups is 1. The zero-order chi connectivity index (χ0) is 28.4.